The molecule has 1 aromatic carbocycles. The second-order valence-electron chi connectivity index (χ2n) is 4.92. The van der Waals surface area contributed by atoms with Crippen LogP contribution in [0.25, 0.3) is 0 Å². The maximum atomic E-state index is 11.4. The third kappa shape index (κ3) is 2.43. The Labute approximate surface area is 103 Å². The molecule has 0 bridgehead atoms. The van der Waals surface area contributed by atoms with Crippen LogP contribution in [-0.4, -0.2) is 32.5 Å². The number of nitrogens with zero attached hydrogens (tertiary/aromatic N) is 2. The van der Waals surface area contributed by atoms with Crippen LogP contribution in [0.2, 0.25) is 0 Å². The van der Waals surface area contributed by atoms with E-state index in [0.29, 0.717) is 24.7 Å². The van der Waals surface area contributed by atoms with E-state index in [4.69, 9.17) is 0 Å². The maximum Gasteiger partial charge on any atom is 0.136 e. The third-order valence-corrected chi connectivity index (χ3v) is 3.36. The van der Waals surface area contributed by atoms with E-state index in [1.807, 2.05) is 0 Å². The number of rotatable bonds is 2. The Hall–Kier alpha value is -1.51. The molecule has 0 aromatic heterocycles. The van der Waals surface area contributed by atoms with Crippen molar-refractivity contribution in [1.29, 1.82) is 0 Å². The second-order valence-corrected chi connectivity index (χ2v) is 4.92. The van der Waals surface area contributed by atoms with Crippen LogP contribution in [0.4, 0.5) is 11.4 Å². The van der Waals surface area contributed by atoms with Crippen LogP contribution in [0, 0.1) is 0 Å². The van der Waals surface area contributed by atoms with Crippen LogP contribution in [0.5, 0.6) is 0 Å². The molecule has 1 unspecified atom stereocenters. The number of anilines is 2. The number of para-hydroxylation sites is 2. The average Bonchev–Trinajstić information content (AvgIpc) is 2.29. The van der Waals surface area contributed by atoms with Gasteiger partial charge in [-0.1, -0.05) is 12.1 Å². The molecule has 1 aliphatic heterocycles. The molecule has 0 N–H and O–H groups in total. The highest BCUT2D eigenvalue weighted by Crippen LogP contribution is 2.31. The van der Waals surface area contributed by atoms with Gasteiger partial charge < -0.3 is 9.80 Å². The van der Waals surface area contributed by atoms with Crippen molar-refractivity contribution in [2.75, 3.05) is 30.4 Å². The van der Waals surface area contributed by atoms with Crippen molar-refractivity contribution in [3.63, 3.8) is 0 Å². The average molecular weight is 232 g/mol. The molecule has 0 aliphatic carbocycles. The highest BCUT2D eigenvalue weighted by molar-refractivity contribution is 5.83. The van der Waals surface area contributed by atoms with Gasteiger partial charge in [0.1, 0.15) is 5.78 Å². The van der Waals surface area contributed by atoms with Crippen LogP contribution in [0.15, 0.2) is 24.3 Å². The first-order valence-electron chi connectivity index (χ1n) is 6.14. The summed E-state index contributed by atoms with van der Waals surface area (Å²) in [5.74, 6) is 0.385. The lowest BCUT2D eigenvalue weighted by atomic mass is 10.0. The second kappa shape index (κ2) is 4.78. The minimum Gasteiger partial charge on any atom is -0.376 e. The Kier molecular flexibility index (Phi) is 3.36. The Morgan fingerprint density at radius 2 is 2.00 bits per heavy atom. The first-order valence-corrected chi connectivity index (χ1v) is 6.14. The largest absolute Gasteiger partial charge is 0.376 e. The molecule has 0 saturated carbocycles. The van der Waals surface area contributed by atoms with Crippen LogP contribution >= 0.6 is 0 Å². The lowest BCUT2D eigenvalue weighted by molar-refractivity contribution is -0.120. The zero-order chi connectivity index (χ0) is 12.4. The van der Waals surface area contributed by atoms with Gasteiger partial charge >= 0.3 is 0 Å². The van der Waals surface area contributed by atoms with Crippen LogP contribution in [-0.2, 0) is 4.79 Å². The van der Waals surface area contributed by atoms with E-state index >= 15 is 0 Å². The minimum absolute atomic E-state index is 0.303. The van der Waals surface area contributed by atoms with Gasteiger partial charge in [0.25, 0.3) is 0 Å². The van der Waals surface area contributed by atoms with Gasteiger partial charge in [0.2, 0.25) is 0 Å². The number of ketones is 1. The van der Waals surface area contributed by atoms with Crippen molar-refractivity contribution in [1.82, 2.24) is 0 Å². The smallest absolute Gasteiger partial charge is 0.136 e. The quantitative estimate of drug-likeness (QED) is 0.781. The van der Waals surface area contributed by atoms with Crippen LogP contribution in [0.3, 0.4) is 0 Å². The topological polar surface area (TPSA) is 23.6 Å². The Bertz CT molecular complexity index is 414. The van der Waals surface area contributed by atoms with Crippen molar-refractivity contribution >= 4 is 17.2 Å². The Morgan fingerprint density at radius 3 is 2.65 bits per heavy atom. The molecule has 1 atom stereocenters. The van der Waals surface area contributed by atoms with Crippen molar-refractivity contribution < 1.29 is 4.79 Å². The SMILES string of the molecule is CC1CC(=O)CCN1c1ccccc1N(C)C. The summed E-state index contributed by atoms with van der Waals surface area (Å²) in [5.41, 5.74) is 2.45. The molecule has 1 fully saturated rings. The fourth-order valence-electron chi connectivity index (χ4n) is 2.45. The van der Waals surface area contributed by atoms with Crippen molar-refractivity contribution in [3.05, 3.63) is 24.3 Å². The first-order chi connectivity index (χ1) is 8.09. The standard InChI is InChI=1S/C14H20N2O/c1-11-10-12(17)8-9-16(11)14-7-5-4-6-13(14)15(2)3/h4-7,11H,8-10H2,1-3H3. The lowest BCUT2D eigenvalue weighted by Gasteiger charge is -2.36. The zero-order valence-corrected chi connectivity index (χ0v) is 10.8. The van der Waals surface area contributed by atoms with E-state index < -0.39 is 0 Å². The van der Waals surface area contributed by atoms with E-state index in [1.165, 1.54) is 11.4 Å². The number of benzene rings is 1. The van der Waals surface area contributed by atoms with Crippen molar-refractivity contribution in [2.45, 2.75) is 25.8 Å². The molecule has 1 aliphatic rings. The molecule has 0 amide bonds. The number of carbonyl (C=O) groups is 1. The monoisotopic (exact) mass is 232 g/mol. The van der Waals surface area contributed by atoms with Gasteiger partial charge in [-0.05, 0) is 19.1 Å². The Balaban J connectivity index is 2.30. The highest BCUT2D eigenvalue weighted by atomic mass is 16.1. The summed E-state index contributed by atoms with van der Waals surface area (Å²) in [6.45, 7) is 2.97. The summed E-state index contributed by atoms with van der Waals surface area (Å²) in [5, 5.41) is 0. The fraction of sp³-hybridized carbons (Fsp3) is 0.500. The molecule has 0 radical (unpaired) electrons. The molecule has 2 rings (SSSR count). The number of piperidine rings is 1. The fourth-order valence-corrected chi connectivity index (χ4v) is 2.45. The molecule has 3 nitrogen and oxygen atoms in total. The normalized spacial score (nSPS) is 20.5. The molecule has 1 aromatic rings. The van der Waals surface area contributed by atoms with Gasteiger partial charge in [-0.25, -0.2) is 0 Å². The predicted molar refractivity (Wildman–Crippen MR) is 71.8 cm³/mol. The van der Waals surface area contributed by atoms with E-state index in [2.05, 4.69) is 55.1 Å². The molecule has 0 spiro atoms. The molecule has 92 valence electrons. The number of hydrogen-bond acceptors (Lipinski definition) is 3. The summed E-state index contributed by atoms with van der Waals surface area (Å²) >= 11 is 0. The van der Waals surface area contributed by atoms with Gasteiger partial charge in [0.15, 0.2) is 0 Å². The lowest BCUT2D eigenvalue weighted by Crippen LogP contribution is -2.41. The van der Waals surface area contributed by atoms with Crippen LogP contribution < -0.4 is 9.80 Å². The molecule has 3 heteroatoms. The van der Waals surface area contributed by atoms with Gasteiger partial charge in [-0.3, -0.25) is 4.79 Å². The van der Waals surface area contributed by atoms with E-state index in [-0.39, 0.29) is 0 Å². The molecular weight excluding hydrogens is 212 g/mol. The minimum atomic E-state index is 0.303. The van der Waals surface area contributed by atoms with Crippen LogP contribution in [0.1, 0.15) is 19.8 Å². The molecule has 17 heavy (non-hydrogen) atoms. The summed E-state index contributed by atoms with van der Waals surface area (Å²) in [6.07, 6.45) is 1.34. The summed E-state index contributed by atoms with van der Waals surface area (Å²) in [4.78, 5) is 15.9. The van der Waals surface area contributed by atoms with E-state index in [1.54, 1.807) is 0 Å². The molecule has 1 heterocycles. The van der Waals surface area contributed by atoms with Crippen molar-refractivity contribution in [3.8, 4) is 0 Å². The molecular formula is C14H20N2O. The van der Waals surface area contributed by atoms with Gasteiger partial charge in [-0.15, -0.1) is 0 Å². The summed E-state index contributed by atoms with van der Waals surface area (Å²) in [7, 11) is 4.11. The Morgan fingerprint density at radius 1 is 1.29 bits per heavy atom. The van der Waals surface area contributed by atoms with Gasteiger partial charge in [0.05, 0.1) is 11.4 Å². The molecule has 1 saturated heterocycles. The van der Waals surface area contributed by atoms with Gasteiger partial charge in [0, 0.05) is 39.5 Å². The zero-order valence-electron chi connectivity index (χ0n) is 10.8. The number of Topliss-reactive ketones (excluding diaryl/α,β-unsaturated/α-hetero) is 1. The van der Waals surface area contributed by atoms with Crippen molar-refractivity contribution in [2.24, 2.45) is 0 Å². The van der Waals surface area contributed by atoms with E-state index in [9.17, 15) is 4.79 Å². The number of carbonyl (C=O) groups excluding carboxylic acids is 1. The third-order valence-electron chi connectivity index (χ3n) is 3.36. The predicted octanol–water partition coefficient (Wildman–Crippen LogP) is 2.31. The summed E-state index contributed by atoms with van der Waals surface area (Å²) < 4.78 is 0. The van der Waals surface area contributed by atoms with E-state index in [0.717, 1.165) is 6.54 Å². The highest BCUT2D eigenvalue weighted by Gasteiger charge is 2.25. The number of hydrogen-bond donors (Lipinski definition) is 0. The summed E-state index contributed by atoms with van der Waals surface area (Å²) in [6, 6.07) is 8.68. The van der Waals surface area contributed by atoms with Gasteiger partial charge in [-0.2, -0.15) is 0 Å². The first kappa shape index (κ1) is 12.0. The maximum absolute atomic E-state index is 11.4.